The molecule has 0 unspecified atom stereocenters. The summed E-state index contributed by atoms with van der Waals surface area (Å²) in [6.07, 6.45) is 1.30. The molecule has 2 rings (SSSR count). The van der Waals surface area contributed by atoms with E-state index in [2.05, 4.69) is 10.6 Å². The van der Waals surface area contributed by atoms with E-state index in [1.54, 1.807) is 6.07 Å². The van der Waals surface area contributed by atoms with Crippen molar-refractivity contribution in [2.24, 2.45) is 0 Å². The van der Waals surface area contributed by atoms with Crippen LogP contribution in [-0.2, 0) is 11.2 Å². The van der Waals surface area contributed by atoms with E-state index in [-0.39, 0.29) is 5.91 Å². The molecule has 0 aliphatic rings. The molecule has 0 spiro atoms. The van der Waals surface area contributed by atoms with Gasteiger partial charge in [-0.15, -0.1) is 0 Å². The number of amides is 1. The number of aryl methyl sites for hydroxylation is 1. The van der Waals surface area contributed by atoms with Crippen molar-refractivity contribution in [1.29, 1.82) is 0 Å². The largest absolute Gasteiger partial charge is 0.326 e. The molecular weight excluding hydrogens is 331 g/mol. The van der Waals surface area contributed by atoms with Crippen LogP contribution in [0.5, 0.6) is 0 Å². The van der Waals surface area contributed by atoms with E-state index < -0.39 is 0 Å². The van der Waals surface area contributed by atoms with E-state index in [0.29, 0.717) is 18.0 Å². The van der Waals surface area contributed by atoms with Gasteiger partial charge in [-0.2, -0.15) is 0 Å². The van der Waals surface area contributed by atoms with Crippen molar-refractivity contribution >= 4 is 34.8 Å². The maximum absolute atomic E-state index is 11.9. The molecule has 1 amide bonds. The molecule has 0 heterocycles. The van der Waals surface area contributed by atoms with Gasteiger partial charge in [0.05, 0.1) is 0 Å². The number of hydrogen-bond donors (Lipinski definition) is 2. The average Bonchev–Trinajstić information content (AvgIpc) is 2.51. The minimum atomic E-state index is -0.0226. The Hall–Kier alpha value is -1.55. The van der Waals surface area contributed by atoms with Gasteiger partial charge in [0.15, 0.2) is 0 Å². The van der Waals surface area contributed by atoms with Crippen LogP contribution in [0.4, 0.5) is 5.69 Å². The zero-order valence-electron chi connectivity index (χ0n) is 13.0. The van der Waals surface area contributed by atoms with Crippen LogP contribution in [0.25, 0.3) is 0 Å². The average molecular weight is 351 g/mol. The lowest BCUT2D eigenvalue weighted by Gasteiger charge is -2.09. The summed E-state index contributed by atoms with van der Waals surface area (Å²) in [4.78, 5) is 11.9. The third kappa shape index (κ3) is 6.22. The molecule has 23 heavy (non-hydrogen) atoms. The second-order valence-corrected chi connectivity index (χ2v) is 6.26. The van der Waals surface area contributed by atoms with Gasteiger partial charge in [-0.25, -0.2) is 0 Å². The molecule has 122 valence electrons. The summed E-state index contributed by atoms with van der Waals surface area (Å²) in [7, 11) is 0. The van der Waals surface area contributed by atoms with Gasteiger partial charge in [-0.3, -0.25) is 4.79 Å². The Morgan fingerprint density at radius 2 is 1.83 bits per heavy atom. The quantitative estimate of drug-likeness (QED) is 0.723. The van der Waals surface area contributed by atoms with Crippen LogP contribution >= 0.6 is 23.2 Å². The van der Waals surface area contributed by atoms with Gasteiger partial charge in [0.2, 0.25) is 5.91 Å². The minimum Gasteiger partial charge on any atom is -0.326 e. The summed E-state index contributed by atoms with van der Waals surface area (Å²) in [6.45, 7) is 3.38. The molecule has 0 aromatic heterocycles. The fraction of sp³-hybridized carbons (Fsp3) is 0.278. The smallest absolute Gasteiger partial charge is 0.225 e. The van der Waals surface area contributed by atoms with E-state index in [1.165, 1.54) is 5.56 Å². The molecule has 0 atom stereocenters. The standard InChI is InChI=1S/C18H20Cl2N2O/c1-13-5-6-16(20)12-17(13)22-18(23)8-10-21-9-7-14-3-2-4-15(19)11-14/h2-6,11-12,21H,7-10H2,1H3,(H,22,23). The first-order valence-electron chi connectivity index (χ1n) is 7.56. The van der Waals surface area contributed by atoms with E-state index in [0.717, 1.165) is 29.2 Å². The molecule has 0 saturated heterocycles. The third-order valence-corrected chi connectivity index (χ3v) is 3.95. The highest BCUT2D eigenvalue weighted by Gasteiger charge is 2.05. The van der Waals surface area contributed by atoms with Crippen molar-refractivity contribution in [2.45, 2.75) is 19.8 Å². The molecular formula is C18H20Cl2N2O. The van der Waals surface area contributed by atoms with Gasteiger partial charge in [0.25, 0.3) is 0 Å². The van der Waals surface area contributed by atoms with Crippen molar-refractivity contribution in [3.8, 4) is 0 Å². The lowest BCUT2D eigenvalue weighted by Crippen LogP contribution is -2.23. The molecule has 0 saturated carbocycles. The topological polar surface area (TPSA) is 41.1 Å². The molecule has 0 fully saturated rings. The van der Waals surface area contributed by atoms with Crippen LogP contribution in [0.15, 0.2) is 42.5 Å². The summed E-state index contributed by atoms with van der Waals surface area (Å²) in [5.74, 6) is -0.0226. The van der Waals surface area contributed by atoms with Crippen LogP contribution in [0.1, 0.15) is 17.5 Å². The second-order valence-electron chi connectivity index (χ2n) is 5.39. The zero-order chi connectivity index (χ0) is 16.7. The Kier molecular flexibility index (Phi) is 6.90. The SMILES string of the molecule is Cc1ccc(Cl)cc1NC(=O)CCNCCc1cccc(Cl)c1. The number of benzene rings is 2. The van der Waals surface area contributed by atoms with Crippen LogP contribution < -0.4 is 10.6 Å². The zero-order valence-corrected chi connectivity index (χ0v) is 14.5. The van der Waals surface area contributed by atoms with Gasteiger partial charge in [0, 0.05) is 28.7 Å². The van der Waals surface area contributed by atoms with Crippen molar-refractivity contribution in [3.05, 3.63) is 63.6 Å². The minimum absolute atomic E-state index is 0.0226. The molecule has 3 nitrogen and oxygen atoms in total. The van der Waals surface area contributed by atoms with Crippen LogP contribution in [0.2, 0.25) is 10.0 Å². The number of halogens is 2. The number of hydrogen-bond acceptors (Lipinski definition) is 2. The maximum atomic E-state index is 11.9. The Morgan fingerprint density at radius 3 is 2.61 bits per heavy atom. The van der Waals surface area contributed by atoms with Crippen molar-refractivity contribution in [3.63, 3.8) is 0 Å². The van der Waals surface area contributed by atoms with Crippen LogP contribution in [0.3, 0.4) is 0 Å². The highest BCUT2D eigenvalue weighted by atomic mass is 35.5. The number of carbonyl (C=O) groups is 1. The van der Waals surface area contributed by atoms with Gasteiger partial charge in [-0.1, -0.05) is 41.4 Å². The van der Waals surface area contributed by atoms with Crippen molar-refractivity contribution in [1.82, 2.24) is 5.32 Å². The molecule has 2 aromatic carbocycles. The van der Waals surface area contributed by atoms with Gasteiger partial charge in [0.1, 0.15) is 0 Å². The molecule has 0 aliphatic heterocycles. The third-order valence-electron chi connectivity index (χ3n) is 3.48. The molecule has 2 aromatic rings. The predicted octanol–water partition coefficient (Wildman–Crippen LogP) is 4.46. The van der Waals surface area contributed by atoms with Gasteiger partial charge in [-0.05, 0) is 55.3 Å². The highest BCUT2D eigenvalue weighted by molar-refractivity contribution is 6.31. The summed E-state index contributed by atoms with van der Waals surface area (Å²) in [5.41, 5.74) is 2.95. The Balaban J connectivity index is 1.68. The maximum Gasteiger partial charge on any atom is 0.225 e. The second kappa shape index (κ2) is 8.92. The molecule has 5 heteroatoms. The number of rotatable bonds is 7. The predicted molar refractivity (Wildman–Crippen MR) is 97.5 cm³/mol. The molecule has 2 N–H and O–H groups in total. The summed E-state index contributed by atoms with van der Waals surface area (Å²) >= 11 is 11.9. The monoisotopic (exact) mass is 350 g/mol. The fourth-order valence-electron chi connectivity index (χ4n) is 2.19. The molecule has 0 aliphatic carbocycles. The van der Waals surface area contributed by atoms with E-state index in [4.69, 9.17) is 23.2 Å². The Morgan fingerprint density at radius 1 is 1.04 bits per heavy atom. The van der Waals surface area contributed by atoms with Gasteiger partial charge < -0.3 is 10.6 Å². The van der Waals surface area contributed by atoms with Crippen molar-refractivity contribution < 1.29 is 4.79 Å². The van der Waals surface area contributed by atoms with Crippen LogP contribution in [0, 0.1) is 6.92 Å². The van der Waals surface area contributed by atoms with E-state index in [9.17, 15) is 4.79 Å². The lowest BCUT2D eigenvalue weighted by atomic mass is 10.1. The number of anilines is 1. The number of carbonyl (C=O) groups excluding carboxylic acids is 1. The van der Waals surface area contributed by atoms with Crippen LogP contribution in [-0.4, -0.2) is 19.0 Å². The Labute approximate surface area is 147 Å². The first kappa shape index (κ1) is 17.8. The van der Waals surface area contributed by atoms with E-state index >= 15 is 0 Å². The summed E-state index contributed by atoms with van der Waals surface area (Å²) in [6, 6.07) is 13.3. The first-order chi connectivity index (χ1) is 11.0. The lowest BCUT2D eigenvalue weighted by molar-refractivity contribution is -0.116. The Bertz CT molecular complexity index is 674. The molecule has 0 radical (unpaired) electrons. The van der Waals surface area contributed by atoms with Crippen molar-refractivity contribution in [2.75, 3.05) is 18.4 Å². The first-order valence-corrected chi connectivity index (χ1v) is 8.31. The summed E-state index contributed by atoms with van der Waals surface area (Å²) < 4.78 is 0. The highest BCUT2D eigenvalue weighted by Crippen LogP contribution is 2.20. The number of nitrogens with one attached hydrogen (secondary N) is 2. The summed E-state index contributed by atoms with van der Waals surface area (Å²) in [5, 5.41) is 7.52. The van der Waals surface area contributed by atoms with E-state index in [1.807, 2.05) is 43.3 Å². The fourth-order valence-corrected chi connectivity index (χ4v) is 2.58. The molecule has 0 bridgehead atoms. The normalized spacial score (nSPS) is 10.6. The van der Waals surface area contributed by atoms with Gasteiger partial charge >= 0.3 is 0 Å².